The Morgan fingerprint density at radius 2 is 1.78 bits per heavy atom. The van der Waals surface area contributed by atoms with E-state index in [0.29, 0.717) is 17.9 Å². The first kappa shape index (κ1) is 25.3. The topological polar surface area (TPSA) is 122 Å². The van der Waals surface area contributed by atoms with Gasteiger partial charge in [-0.25, -0.2) is 9.37 Å². The minimum atomic E-state index is -0.809. The molecule has 188 valence electrons. The van der Waals surface area contributed by atoms with Crippen LogP contribution in [0.4, 0.5) is 10.1 Å². The van der Waals surface area contributed by atoms with Gasteiger partial charge in [0.05, 0.1) is 10.6 Å². The molecule has 0 unspecified atom stereocenters. The lowest BCUT2D eigenvalue weighted by Gasteiger charge is -2.15. The van der Waals surface area contributed by atoms with Gasteiger partial charge in [0, 0.05) is 17.9 Å². The van der Waals surface area contributed by atoms with Crippen LogP contribution in [0.5, 0.6) is 0 Å². The van der Waals surface area contributed by atoms with Crippen molar-refractivity contribution in [2.45, 2.75) is 19.3 Å². The molecule has 3 aromatic rings. The molecule has 11 heteroatoms. The van der Waals surface area contributed by atoms with E-state index in [1.54, 1.807) is 24.3 Å². The summed E-state index contributed by atoms with van der Waals surface area (Å²) in [6.07, 6.45) is 4.55. The van der Waals surface area contributed by atoms with Gasteiger partial charge in [0.25, 0.3) is 17.7 Å². The molecule has 0 aliphatic carbocycles. The third-order valence-electron chi connectivity index (χ3n) is 5.93. The van der Waals surface area contributed by atoms with E-state index < -0.39 is 23.5 Å². The van der Waals surface area contributed by atoms with Gasteiger partial charge in [-0.05, 0) is 81.4 Å². The molecule has 2 heterocycles. The highest BCUT2D eigenvalue weighted by atomic mass is 35.5. The molecule has 0 spiro atoms. The lowest BCUT2D eigenvalue weighted by atomic mass is 10.2. The number of anilines is 1. The summed E-state index contributed by atoms with van der Waals surface area (Å²) in [5, 5.41) is 5.53. The van der Waals surface area contributed by atoms with Gasteiger partial charge in [0.15, 0.2) is 5.69 Å². The summed E-state index contributed by atoms with van der Waals surface area (Å²) < 4.78 is 14.7. The number of nitrogens with two attached hydrogens (primary N) is 1. The average molecular weight is 513 g/mol. The summed E-state index contributed by atoms with van der Waals surface area (Å²) in [5.41, 5.74) is 6.48. The van der Waals surface area contributed by atoms with Crippen LogP contribution in [0, 0.1) is 5.82 Å². The Bertz CT molecular complexity index is 1270. The van der Waals surface area contributed by atoms with Crippen LogP contribution in [-0.4, -0.2) is 58.4 Å². The SMILES string of the molecule is NC(=O)c1ncn(-c2ccc(NC(=O)c3ccc(F)cc3Cl)cc2)c1C(=O)NCCCN1CCCC1. The summed E-state index contributed by atoms with van der Waals surface area (Å²) in [4.78, 5) is 43.8. The Labute approximate surface area is 212 Å². The maximum Gasteiger partial charge on any atom is 0.270 e. The lowest BCUT2D eigenvalue weighted by Crippen LogP contribution is -2.31. The molecule has 1 fully saturated rings. The fourth-order valence-electron chi connectivity index (χ4n) is 4.11. The van der Waals surface area contributed by atoms with Crippen molar-refractivity contribution < 1.29 is 18.8 Å². The Balaban J connectivity index is 1.46. The van der Waals surface area contributed by atoms with Gasteiger partial charge in [-0.1, -0.05) is 11.6 Å². The van der Waals surface area contributed by atoms with Crippen molar-refractivity contribution in [1.82, 2.24) is 19.8 Å². The van der Waals surface area contributed by atoms with Crippen molar-refractivity contribution in [3.63, 3.8) is 0 Å². The molecule has 36 heavy (non-hydrogen) atoms. The number of hydrogen-bond donors (Lipinski definition) is 3. The number of benzene rings is 2. The maximum atomic E-state index is 13.3. The molecule has 0 saturated carbocycles. The zero-order chi connectivity index (χ0) is 25.7. The normalized spacial score (nSPS) is 13.5. The second kappa shape index (κ2) is 11.3. The zero-order valence-electron chi connectivity index (χ0n) is 19.5. The van der Waals surface area contributed by atoms with Crippen LogP contribution in [0.3, 0.4) is 0 Å². The monoisotopic (exact) mass is 512 g/mol. The van der Waals surface area contributed by atoms with Crippen molar-refractivity contribution >= 4 is 35.0 Å². The number of amides is 3. The highest BCUT2D eigenvalue weighted by Gasteiger charge is 2.23. The number of hydrogen-bond acceptors (Lipinski definition) is 5. The molecule has 0 atom stereocenters. The van der Waals surface area contributed by atoms with Gasteiger partial charge in [-0.3, -0.25) is 19.0 Å². The second-order valence-corrected chi connectivity index (χ2v) is 8.87. The molecule has 4 rings (SSSR count). The van der Waals surface area contributed by atoms with Gasteiger partial charge in [-0.15, -0.1) is 0 Å². The Morgan fingerprint density at radius 1 is 1.06 bits per heavy atom. The molecule has 4 N–H and O–H groups in total. The van der Waals surface area contributed by atoms with Crippen molar-refractivity contribution in [2.75, 3.05) is 31.5 Å². The summed E-state index contributed by atoms with van der Waals surface area (Å²) in [6, 6.07) is 10.1. The van der Waals surface area contributed by atoms with E-state index in [2.05, 4.69) is 20.5 Å². The number of likely N-dealkylation sites (tertiary alicyclic amines) is 1. The van der Waals surface area contributed by atoms with E-state index in [4.69, 9.17) is 17.3 Å². The summed E-state index contributed by atoms with van der Waals surface area (Å²) in [7, 11) is 0. The molecular formula is C25H26ClFN6O3. The smallest absolute Gasteiger partial charge is 0.270 e. The summed E-state index contributed by atoms with van der Waals surface area (Å²) in [6.45, 7) is 3.52. The fourth-order valence-corrected chi connectivity index (χ4v) is 4.37. The lowest BCUT2D eigenvalue weighted by molar-refractivity contribution is 0.0927. The van der Waals surface area contributed by atoms with Gasteiger partial charge in [0.2, 0.25) is 0 Å². The number of nitrogens with one attached hydrogen (secondary N) is 2. The van der Waals surface area contributed by atoms with Crippen LogP contribution in [0.25, 0.3) is 5.69 Å². The molecule has 9 nitrogen and oxygen atoms in total. The number of rotatable bonds is 9. The Morgan fingerprint density at radius 3 is 2.44 bits per heavy atom. The number of nitrogens with zero attached hydrogens (tertiary/aromatic N) is 3. The Hall–Kier alpha value is -3.76. The first-order valence-corrected chi connectivity index (χ1v) is 12.0. The van der Waals surface area contributed by atoms with Gasteiger partial charge in [0.1, 0.15) is 17.8 Å². The van der Waals surface area contributed by atoms with Crippen LogP contribution in [0.2, 0.25) is 5.02 Å². The predicted octanol–water partition coefficient (Wildman–Crippen LogP) is 3.23. The Kier molecular flexibility index (Phi) is 7.97. The van der Waals surface area contributed by atoms with E-state index in [1.165, 1.54) is 29.8 Å². The minimum absolute atomic E-state index is 0.00222. The quantitative estimate of drug-likeness (QED) is 0.380. The van der Waals surface area contributed by atoms with Crippen molar-refractivity contribution in [2.24, 2.45) is 5.73 Å². The van der Waals surface area contributed by atoms with Crippen molar-refractivity contribution in [1.29, 1.82) is 0 Å². The van der Waals surface area contributed by atoms with E-state index in [0.717, 1.165) is 38.2 Å². The van der Waals surface area contributed by atoms with Gasteiger partial charge < -0.3 is 21.3 Å². The van der Waals surface area contributed by atoms with E-state index >= 15 is 0 Å². The molecule has 0 bridgehead atoms. The maximum absolute atomic E-state index is 13.3. The number of halogens is 2. The first-order valence-electron chi connectivity index (χ1n) is 11.6. The average Bonchev–Trinajstić information content (AvgIpc) is 3.52. The number of imidazole rings is 1. The van der Waals surface area contributed by atoms with Gasteiger partial charge in [-0.2, -0.15) is 0 Å². The molecular weight excluding hydrogens is 487 g/mol. The van der Waals surface area contributed by atoms with Gasteiger partial charge >= 0.3 is 0 Å². The van der Waals surface area contributed by atoms with Crippen LogP contribution >= 0.6 is 11.6 Å². The first-order chi connectivity index (χ1) is 17.3. The number of carbonyl (C=O) groups excluding carboxylic acids is 3. The number of aromatic nitrogens is 2. The van der Waals surface area contributed by atoms with Crippen LogP contribution < -0.4 is 16.4 Å². The predicted molar refractivity (Wildman–Crippen MR) is 134 cm³/mol. The largest absolute Gasteiger partial charge is 0.364 e. The van der Waals surface area contributed by atoms with Crippen LogP contribution in [0.1, 0.15) is 50.6 Å². The second-order valence-electron chi connectivity index (χ2n) is 8.46. The molecule has 1 aromatic heterocycles. The standard InChI is InChI=1S/C25H26ClFN6O3/c26-20-14-16(27)4-9-19(20)24(35)31-17-5-7-18(8-6-17)33-15-30-21(23(28)34)22(33)25(36)29-10-3-13-32-11-1-2-12-32/h4-9,14-15H,1-3,10-13H2,(H2,28,34)(H,29,36)(H,31,35). The van der Waals surface area contributed by atoms with Crippen molar-refractivity contribution in [3.8, 4) is 5.69 Å². The van der Waals surface area contributed by atoms with E-state index in [-0.39, 0.29) is 22.0 Å². The third-order valence-corrected chi connectivity index (χ3v) is 6.24. The molecule has 3 amide bonds. The summed E-state index contributed by atoms with van der Waals surface area (Å²) in [5.74, 6) is -2.30. The fraction of sp³-hybridized carbons (Fsp3) is 0.280. The van der Waals surface area contributed by atoms with E-state index in [1.807, 2.05) is 0 Å². The highest BCUT2D eigenvalue weighted by molar-refractivity contribution is 6.34. The highest BCUT2D eigenvalue weighted by Crippen LogP contribution is 2.21. The molecule has 0 radical (unpaired) electrons. The van der Waals surface area contributed by atoms with Crippen LogP contribution in [0.15, 0.2) is 48.8 Å². The summed E-state index contributed by atoms with van der Waals surface area (Å²) >= 11 is 5.96. The third kappa shape index (κ3) is 5.89. The molecule has 1 saturated heterocycles. The molecule has 2 aromatic carbocycles. The van der Waals surface area contributed by atoms with E-state index in [9.17, 15) is 18.8 Å². The van der Waals surface area contributed by atoms with Crippen molar-refractivity contribution in [3.05, 3.63) is 76.6 Å². The molecule has 1 aliphatic rings. The van der Waals surface area contributed by atoms with Crippen LogP contribution in [-0.2, 0) is 0 Å². The molecule has 1 aliphatic heterocycles. The minimum Gasteiger partial charge on any atom is -0.364 e. The number of primary amides is 1. The number of carbonyl (C=O) groups is 3. The zero-order valence-corrected chi connectivity index (χ0v) is 20.2.